The molecule has 1 aromatic rings. The van der Waals surface area contributed by atoms with Gasteiger partial charge >= 0.3 is 0 Å². The molecule has 0 fully saturated rings. The molecule has 0 spiro atoms. The van der Waals surface area contributed by atoms with Crippen molar-refractivity contribution in [3.63, 3.8) is 0 Å². The van der Waals surface area contributed by atoms with E-state index in [-0.39, 0.29) is 0 Å². The first-order valence-electron chi connectivity index (χ1n) is 6.34. The Labute approximate surface area is 123 Å². The second-order valence-electron chi connectivity index (χ2n) is 4.88. The molecule has 0 saturated carbocycles. The zero-order valence-corrected chi connectivity index (χ0v) is 13.4. The summed E-state index contributed by atoms with van der Waals surface area (Å²) in [7, 11) is 0. The summed E-state index contributed by atoms with van der Waals surface area (Å²) in [5, 5.41) is 3.41. The Kier molecular flexibility index (Phi) is 6.65. The third kappa shape index (κ3) is 5.36. The Hall–Kier alpha value is -0.610. The highest BCUT2D eigenvalue weighted by Gasteiger charge is 2.03. The lowest BCUT2D eigenvalue weighted by Crippen LogP contribution is -2.10. The van der Waals surface area contributed by atoms with Crippen LogP contribution in [0.2, 0.25) is 0 Å². The first kappa shape index (κ1) is 15.4. The monoisotopic (exact) mass is 328 g/mol. The predicted molar refractivity (Wildman–Crippen MR) is 87.2 cm³/mol. The molecule has 1 rings (SSSR count). The number of nitrogens with two attached hydrogens (primary N) is 1. The average molecular weight is 329 g/mol. The summed E-state index contributed by atoms with van der Waals surface area (Å²) in [4.78, 5) is 0.422. The standard InChI is InChI=1S/C14H21BrN2S/c1-10(2)5-3-4-8-17-11-6-7-12(14(16)18)13(15)9-11/h6-7,9-10,17H,3-5,8H2,1-2H3,(H2,16,18). The van der Waals surface area contributed by atoms with Gasteiger partial charge in [0.15, 0.2) is 0 Å². The molecule has 0 unspecified atom stereocenters. The summed E-state index contributed by atoms with van der Waals surface area (Å²) in [5.41, 5.74) is 7.60. The first-order valence-corrected chi connectivity index (χ1v) is 7.54. The number of hydrogen-bond acceptors (Lipinski definition) is 2. The fourth-order valence-electron chi connectivity index (χ4n) is 1.74. The number of unbranched alkanes of at least 4 members (excludes halogenated alkanes) is 1. The first-order chi connectivity index (χ1) is 8.50. The fourth-order valence-corrected chi connectivity index (χ4v) is 2.64. The van der Waals surface area contributed by atoms with Crippen LogP contribution in [-0.2, 0) is 0 Å². The zero-order valence-electron chi connectivity index (χ0n) is 11.0. The molecule has 3 N–H and O–H groups in total. The summed E-state index contributed by atoms with van der Waals surface area (Å²) in [5.74, 6) is 0.795. The van der Waals surface area contributed by atoms with Crippen molar-refractivity contribution in [1.29, 1.82) is 0 Å². The average Bonchev–Trinajstić information content (AvgIpc) is 2.27. The van der Waals surface area contributed by atoms with E-state index in [1.54, 1.807) is 0 Å². The van der Waals surface area contributed by atoms with Crippen LogP contribution in [0, 0.1) is 5.92 Å². The minimum atomic E-state index is 0.422. The van der Waals surface area contributed by atoms with Gasteiger partial charge in [-0.1, -0.05) is 38.9 Å². The summed E-state index contributed by atoms with van der Waals surface area (Å²) in [6.45, 7) is 5.53. The number of benzene rings is 1. The van der Waals surface area contributed by atoms with Crippen LogP contribution < -0.4 is 11.1 Å². The van der Waals surface area contributed by atoms with Crippen molar-refractivity contribution in [3.05, 3.63) is 28.2 Å². The molecule has 100 valence electrons. The van der Waals surface area contributed by atoms with Gasteiger partial charge in [-0.3, -0.25) is 0 Å². The molecule has 0 aliphatic heterocycles. The summed E-state index contributed by atoms with van der Waals surface area (Å²) >= 11 is 8.45. The van der Waals surface area contributed by atoms with Gasteiger partial charge < -0.3 is 11.1 Å². The molecule has 0 radical (unpaired) electrons. The lowest BCUT2D eigenvalue weighted by Gasteiger charge is -2.09. The van der Waals surface area contributed by atoms with Crippen molar-refractivity contribution >= 4 is 38.8 Å². The van der Waals surface area contributed by atoms with E-state index in [9.17, 15) is 0 Å². The van der Waals surface area contributed by atoms with Gasteiger partial charge in [0.25, 0.3) is 0 Å². The zero-order chi connectivity index (χ0) is 13.5. The minimum absolute atomic E-state index is 0.422. The maximum Gasteiger partial charge on any atom is 0.105 e. The fraction of sp³-hybridized carbons (Fsp3) is 0.500. The van der Waals surface area contributed by atoms with E-state index in [1.165, 1.54) is 19.3 Å². The molecular formula is C14H21BrN2S. The van der Waals surface area contributed by atoms with Gasteiger partial charge in [0.05, 0.1) is 0 Å². The topological polar surface area (TPSA) is 38.0 Å². The Bertz CT molecular complexity index is 405. The maximum atomic E-state index is 5.61. The van der Waals surface area contributed by atoms with Crippen LogP contribution in [0.3, 0.4) is 0 Å². The molecule has 2 nitrogen and oxygen atoms in total. The number of anilines is 1. The van der Waals surface area contributed by atoms with Crippen molar-refractivity contribution < 1.29 is 0 Å². The van der Waals surface area contributed by atoms with E-state index in [2.05, 4.69) is 35.1 Å². The van der Waals surface area contributed by atoms with Crippen molar-refractivity contribution in [2.45, 2.75) is 33.1 Å². The third-order valence-corrected chi connectivity index (χ3v) is 3.65. The van der Waals surface area contributed by atoms with E-state index < -0.39 is 0 Å². The molecule has 0 bridgehead atoms. The number of rotatable bonds is 7. The van der Waals surface area contributed by atoms with Crippen LogP contribution in [0.1, 0.15) is 38.7 Å². The summed E-state index contributed by atoms with van der Waals surface area (Å²) in [6.07, 6.45) is 3.77. The van der Waals surface area contributed by atoms with E-state index in [4.69, 9.17) is 18.0 Å². The van der Waals surface area contributed by atoms with Crippen LogP contribution in [0.15, 0.2) is 22.7 Å². The van der Waals surface area contributed by atoms with Crippen LogP contribution in [0.4, 0.5) is 5.69 Å². The highest BCUT2D eigenvalue weighted by atomic mass is 79.9. The van der Waals surface area contributed by atoms with Crippen LogP contribution in [0.5, 0.6) is 0 Å². The van der Waals surface area contributed by atoms with E-state index in [1.807, 2.05) is 18.2 Å². The van der Waals surface area contributed by atoms with Crippen LogP contribution in [0.25, 0.3) is 0 Å². The van der Waals surface area contributed by atoms with Gasteiger partial charge in [-0.15, -0.1) is 0 Å². The second-order valence-corrected chi connectivity index (χ2v) is 6.17. The largest absolute Gasteiger partial charge is 0.389 e. The predicted octanol–water partition coefficient (Wildman–Crippen LogP) is 4.32. The molecular weight excluding hydrogens is 308 g/mol. The quantitative estimate of drug-likeness (QED) is 0.578. The number of hydrogen-bond donors (Lipinski definition) is 2. The van der Waals surface area contributed by atoms with E-state index >= 15 is 0 Å². The Morgan fingerprint density at radius 2 is 2.11 bits per heavy atom. The Morgan fingerprint density at radius 1 is 1.39 bits per heavy atom. The van der Waals surface area contributed by atoms with Gasteiger partial charge in [0.1, 0.15) is 4.99 Å². The molecule has 0 aliphatic carbocycles. The van der Waals surface area contributed by atoms with Crippen molar-refractivity contribution in [2.24, 2.45) is 11.7 Å². The van der Waals surface area contributed by atoms with Crippen molar-refractivity contribution in [1.82, 2.24) is 0 Å². The molecule has 4 heteroatoms. The lowest BCUT2D eigenvalue weighted by molar-refractivity contribution is 0.545. The Balaban J connectivity index is 2.39. The molecule has 0 aromatic heterocycles. The normalized spacial score (nSPS) is 10.7. The Morgan fingerprint density at radius 3 is 2.67 bits per heavy atom. The highest BCUT2D eigenvalue weighted by Crippen LogP contribution is 2.21. The molecule has 18 heavy (non-hydrogen) atoms. The maximum absolute atomic E-state index is 5.61. The number of halogens is 1. The van der Waals surface area contributed by atoms with Gasteiger partial charge in [-0.05, 0) is 46.5 Å². The smallest absolute Gasteiger partial charge is 0.105 e. The highest BCUT2D eigenvalue weighted by molar-refractivity contribution is 9.10. The minimum Gasteiger partial charge on any atom is -0.389 e. The summed E-state index contributed by atoms with van der Waals surface area (Å²) < 4.78 is 0.946. The van der Waals surface area contributed by atoms with Gasteiger partial charge in [0.2, 0.25) is 0 Å². The van der Waals surface area contributed by atoms with Gasteiger partial charge in [-0.2, -0.15) is 0 Å². The van der Waals surface area contributed by atoms with Crippen LogP contribution in [-0.4, -0.2) is 11.5 Å². The molecule has 0 aliphatic rings. The molecule has 0 saturated heterocycles. The molecule has 0 atom stereocenters. The van der Waals surface area contributed by atoms with E-state index in [0.717, 1.165) is 28.2 Å². The molecule has 0 heterocycles. The van der Waals surface area contributed by atoms with Crippen molar-refractivity contribution in [3.8, 4) is 0 Å². The molecule has 1 aromatic carbocycles. The number of thiocarbonyl (C=S) groups is 1. The number of nitrogens with one attached hydrogen (secondary N) is 1. The second kappa shape index (κ2) is 7.74. The SMILES string of the molecule is CC(C)CCCCNc1ccc(C(N)=S)c(Br)c1. The van der Waals surface area contributed by atoms with Crippen molar-refractivity contribution in [2.75, 3.05) is 11.9 Å². The van der Waals surface area contributed by atoms with Gasteiger partial charge in [-0.25, -0.2) is 0 Å². The summed E-state index contributed by atoms with van der Waals surface area (Å²) in [6, 6.07) is 5.99. The molecule has 0 amide bonds. The van der Waals surface area contributed by atoms with E-state index in [0.29, 0.717) is 4.99 Å². The van der Waals surface area contributed by atoms with Crippen LogP contribution >= 0.6 is 28.1 Å². The van der Waals surface area contributed by atoms with Gasteiger partial charge in [0, 0.05) is 22.3 Å². The lowest BCUT2D eigenvalue weighted by atomic mass is 10.1. The third-order valence-electron chi connectivity index (χ3n) is 2.77.